The molecule has 4 nitrogen and oxygen atoms in total. The fraction of sp³-hybridized carbons (Fsp3) is 0.480. The number of carbonyl (C=O) groups is 1. The molecule has 0 saturated heterocycles. The van der Waals surface area contributed by atoms with Gasteiger partial charge in [-0.2, -0.15) is 0 Å². The number of aryl methyl sites for hydroxylation is 1. The maximum absolute atomic E-state index is 12.2. The van der Waals surface area contributed by atoms with Gasteiger partial charge in [0.25, 0.3) is 0 Å². The number of hydrogen-bond donors (Lipinski definition) is 2. The van der Waals surface area contributed by atoms with Crippen molar-refractivity contribution in [1.29, 1.82) is 0 Å². The molecule has 3 aliphatic rings. The summed E-state index contributed by atoms with van der Waals surface area (Å²) in [6.07, 6.45) is 4.44. The van der Waals surface area contributed by atoms with E-state index in [9.17, 15) is 4.79 Å². The largest absolute Gasteiger partial charge is 0.384 e. The van der Waals surface area contributed by atoms with Gasteiger partial charge >= 0.3 is 0 Å². The van der Waals surface area contributed by atoms with Crippen LogP contribution in [-0.2, 0) is 9.53 Å². The molecule has 152 valence electrons. The van der Waals surface area contributed by atoms with E-state index in [1.54, 1.807) is 7.11 Å². The summed E-state index contributed by atoms with van der Waals surface area (Å²) in [5, 5.41) is 6.92. The number of hydrogen-bond acceptors (Lipinski definition) is 3. The molecule has 2 aromatic carbocycles. The summed E-state index contributed by atoms with van der Waals surface area (Å²) in [4.78, 5) is 12.2. The first-order valence-corrected chi connectivity index (χ1v) is 10.9. The van der Waals surface area contributed by atoms with Crippen LogP contribution in [0, 0.1) is 24.7 Å². The van der Waals surface area contributed by atoms with Gasteiger partial charge in [-0.25, -0.2) is 0 Å². The van der Waals surface area contributed by atoms with Crippen molar-refractivity contribution in [3.8, 4) is 0 Å². The highest BCUT2D eigenvalue weighted by molar-refractivity contribution is 5.91. The van der Waals surface area contributed by atoms with E-state index in [1.165, 1.54) is 41.6 Å². The summed E-state index contributed by atoms with van der Waals surface area (Å²) in [7, 11) is 1.62. The summed E-state index contributed by atoms with van der Waals surface area (Å²) >= 11 is 0. The lowest BCUT2D eigenvalue weighted by Gasteiger charge is -2.43. The van der Waals surface area contributed by atoms with Crippen LogP contribution in [0.25, 0.3) is 0 Å². The zero-order valence-electron chi connectivity index (χ0n) is 17.3. The highest BCUT2D eigenvalue weighted by atomic mass is 16.5. The van der Waals surface area contributed by atoms with Gasteiger partial charge in [0.15, 0.2) is 0 Å². The summed E-state index contributed by atoms with van der Waals surface area (Å²) in [5.74, 6) is 2.82. The monoisotopic (exact) mass is 390 g/mol. The maximum atomic E-state index is 12.2. The Morgan fingerprint density at radius 3 is 2.72 bits per heavy atom. The van der Waals surface area contributed by atoms with E-state index in [0.717, 1.165) is 17.5 Å². The molecule has 2 aromatic rings. The number of anilines is 2. The second-order valence-corrected chi connectivity index (χ2v) is 9.06. The number of amides is 1. The molecule has 0 radical (unpaired) electrons. The number of methoxy groups -OCH3 is 1. The second kappa shape index (κ2) is 7.49. The van der Waals surface area contributed by atoms with E-state index >= 15 is 0 Å². The highest BCUT2D eigenvalue weighted by Crippen LogP contribution is 2.63. The van der Waals surface area contributed by atoms with Crippen molar-refractivity contribution >= 4 is 17.3 Å². The third kappa shape index (κ3) is 3.33. The Morgan fingerprint density at radius 2 is 1.93 bits per heavy atom. The number of fused-ring (bicyclic) bond motifs is 7. The molecule has 1 amide bonds. The van der Waals surface area contributed by atoms with Crippen molar-refractivity contribution in [2.45, 2.75) is 44.6 Å². The average Bonchev–Trinajstić information content (AvgIpc) is 3.35. The Balaban J connectivity index is 1.47. The molecule has 1 heterocycles. The standard InChI is InChI=1S/C25H30N2O2/c1-15-3-5-16(6-4-15)25-24-18-8-7-17(13-18)23(24)20-14-19(9-10-21(20)27-25)26-22(28)11-12-29-2/h3-6,9-10,14,17-18,23-25,27H,7-8,11-13H2,1-2H3,(H,26,28). The van der Waals surface area contributed by atoms with Crippen molar-refractivity contribution in [3.63, 3.8) is 0 Å². The first-order valence-electron chi connectivity index (χ1n) is 10.9. The fourth-order valence-corrected chi connectivity index (χ4v) is 6.09. The summed E-state index contributed by atoms with van der Waals surface area (Å²) in [6, 6.07) is 15.8. The van der Waals surface area contributed by atoms with Crippen LogP contribution < -0.4 is 10.6 Å². The van der Waals surface area contributed by atoms with Crippen molar-refractivity contribution in [3.05, 3.63) is 59.2 Å². The molecule has 1 aliphatic heterocycles. The van der Waals surface area contributed by atoms with Gasteiger partial charge in [-0.1, -0.05) is 29.8 Å². The number of carbonyl (C=O) groups excluding carboxylic acids is 1. The predicted octanol–water partition coefficient (Wildman–Crippen LogP) is 5.27. The fourth-order valence-electron chi connectivity index (χ4n) is 6.09. The smallest absolute Gasteiger partial charge is 0.226 e. The van der Waals surface area contributed by atoms with Crippen LogP contribution in [-0.4, -0.2) is 19.6 Å². The van der Waals surface area contributed by atoms with Crippen molar-refractivity contribution < 1.29 is 9.53 Å². The molecule has 5 rings (SSSR count). The average molecular weight is 391 g/mol. The third-order valence-corrected chi connectivity index (χ3v) is 7.34. The van der Waals surface area contributed by atoms with Gasteiger partial charge in [-0.15, -0.1) is 0 Å². The topological polar surface area (TPSA) is 50.4 Å². The van der Waals surface area contributed by atoms with Gasteiger partial charge in [-0.3, -0.25) is 4.79 Å². The number of benzene rings is 2. The Labute approximate surface area is 173 Å². The zero-order valence-corrected chi connectivity index (χ0v) is 17.3. The normalized spacial score (nSPS) is 29.1. The molecule has 2 N–H and O–H groups in total. The molecule has 5 atom stereocenters. The van der Waals surface area contributed by atoms with Crippen LogP contribution in [0.1, 0.15) is 54.3 Å². The number of ether oxygens (including phenoxy) is 1. The van der Waals surface area contributed by atoms with Gasteiger partial charge in [-0.05, 0) is 79.2 Å². The number of rotatable bonds is 5. The van der Waals surface area contributed by atoms with E-state index in [4.69, 9.17) is 4.74 Å². The van der Waals surface area contributed by atoms with E-state index in [1.807, 2.05) is 6.07 Å². The number of nitrogens with one attached hydrogen (secondary N) is 2. The van der Waals surface area contributed by atoms with E-state index in [0.29, 0.717) is 30.9 Å². The first kappa shape index (κ1) is 18.7. The van der Waals surface area contributed by atoms with Gasteiger partial charge in [0.1, 0.15) is 0 Å². The summed E-state index contributed by atoms with van der Waals surface area (Å²) in [6.45, 7) is 2.60. The lowest BCUT2D eigenvalue weighted by molar-refractivity contribution is -0.117. The summed E-state index contributed by atoms with van der Waals surface area (Å²) < 4.78 is 5.02. The highest BCUT2D eigenvalue weighted by Gasteiger charge is 2.53. The second-order valence-electron chi connectivity index (χ2n) is 9.06. The molecule has 2 bridgehead atoms. The molecule has 0 aromatic heterocycles. The molecule has 2 fully saturated rings. The molecule has 0 spiro atoms. The minimum absolute atomic E-state index is 0.0117. The molecule has 4 heteroatoms. The van der Waals surface area contributed by atoms with E-state index in [2.05, 4.69) is 54.0 Å². The molecule has 2 saturated carbocycles. The van der Waals surface area contributed by atoms with Gasteiger partial charge in [0, 0.05) is 18.5 Å². The Morgan fingerprint density at radius 1 is 1.14 bits per heavy atom. The van der Waals surface area contributed by atoms with Crippen LogP contribution in [0.15, 0.2) is 42.5 Å². The SMILES string of the molecule is COCCC(=O)Nc1ccc2c(c1)C1C3CCC(C3)C1C(c1ccc(C)cc1)N2. The molecule has 5 unspecified atom stereocenters. The predicted molar refractivity (Wildman–Crippen MR) is 116 cm³/mol. The minimum atomic E-state index is 0.0117. The van der Waals surface area contributed by atoms with Crippen LogP contribution in [0.5, 0.6) is 0 Å². The van der Waals surface area contributed by atoms with Crippen molar-refractivity contribution in [2.24, 2.45) is 17.8 Å². The third-order valence-electron chi connectivity index (χ3n) is 7.34. The zero-order chi connectivity index (χ0) is 20.0. The quantitative estimate of drug-likeness (QED) is 0.731. The maximum Gasteiger partial charge on any atom is 0.226 e. The van der Waals surface area contributed by atoms with Gasteiger partial charge in [0.2, 0.25) is 5.91 Å². The Bertz CT molecular complexity index is 908. The Kier molecular flexibility index (Phi) is 4.83. The minimum Gasteiger partial charge on any atom is -0.384 e. The lowest BCUT2D eigenvalue weighted by atomic mass is 9.68. The molecule has 29 heavy (non-hydrogen) atoms. The van der Waals surface area contributed by atoms with Crippen molar-refractivity contribution in [1.82, 2.24) is 0 Å². The van der Waals surface area contributed by atoms with E-state index < -0.39 is 0 Å². The van der Waals surface area contributed by atoms with Crippen LogP contribution >= 0.6 is 0 Å². The summed E-state index contributed by atoms with van der Waals surface area (Å²) in [5.41, 5.74) is 6.25. The molecular weight excluding hydrogens is 360 g/mol. The van der Waals surface area contributed by atoms with Gasteiger partial charge < -0.3 is 15.4 Å². The molecular formula is C25H30N2O2. The van der Waals surface area contributed by atoms with Crippen LogP contribution in [0.3, 0.4) is 0 Å². The first-order chi connectivity index (χ1) is 14.1. The molecule has 2 aliphatic carbocycles. The van der Waals surface area contributed by atoms with Gasteiger partial charge in [0.05, 0.1) is 19.1 Å². The lowest BCUT2D eigenvalue weighted by Crippen LogP contribution is -2.35. The Hall–Kier alpha value is -2.33. The van der Waals surface area contributed by atoms with Crippen LogP contribution in [0.4, 0.5) is 11.4 Å². The van der Waals surface area contributed by atoms with Crippen LogP contribution in [0.2, 0.25) is 0 Å². The van der Waals surface area contributed by atoms with E-state index in [-0.39, 0.29) is 5.91 Å². The van der Waals surface area contributed by atoms with Crippen molar-refractivity contribution in [2.75, 3.05) is 24.4 Å².